The molecule has 1 aromatic heterocycles. The number of hydrogen-bond donors (Lipinski definition) is 1. The summed E-state index contributed by atoms with van der Waals surface area (Å²) in [4.78, 5) is 27.8. The summed E-state index contributed by atoms with van der Waals surface area (Å²) < 4.78 is 10.6. The highest BCUT2D eigenvalue weighted by atomic mass is 32.1. The van der Waals surface area contributed by atoms with E-state index in [1.807, 2.05) is 25.1 Å². The van der Waals surface area contributed by atoms with Crippen molar-refractivity contribution in [1.82, 2.24) is 4.98 Å². The third-order valence-corrected chi connectivity index (χ3v) is 4.39. The fourth-order valence-corrected chi connectivity index (χ4v) is 3.07. The lowest BCUT2D eigenvalue weighted by Crippen LogP contribution is -2.20. The predicted molar refractivity (Wildman–Crippen MR) is 102 cm³/mol. The number of carbonyl (C=O) groups is 2. The third-order valence-electron chi connectivity index (χ3n) is 3.58. The maximum absolute atomic E-state index is 12.1. The van der Waals surface area contributed by atoms with Crippen molar-refractivity contribution in [2.75, 3.05) is 18.5 Å². The minimum atomic E-state index is -0.334. The number of aromatic nitrogens is 1. The van der Waals surface area contributed by atoms with E-state index in [1.54, 1.807) is 12.3 Å². The zero-order valence-electron chi connectivity index (χ0n) is 15.5. The van der Waals surface area contributed by atoms with E-state index in [1.165, 1.54) is 11.3 Å². The van der Waals surface area contributed by atoms with Crippen LogP contribution in [0.25, 0.3) is 0 Å². The van der Waals surface area contributed by atoms with Crippen molar-refractivity contribution in [3.63, 3.8) is 0 Å². The molecule has 1 aromatic carbocycles. The van der Waals surface area contributed by atoms with Crippen LogP contribution in [0.5, 0.6) is 5.75 Å². The SMILES string of the molecule is CCOC(=O)Cc1csc(NC(=O)COc2cc(C)ccc2C(C)C)n1. The first-order valence-electron chi connectivity index (χ1n) is 8.52. The van der Waals surface area contributed by atoms with Gasteiger partial charge in [0.15, 0.2) is 11.7 Å². The second-order valence-corrected chi connectivity index (χ2v) is 7.02. The van der Waals surface area contributed by atoms with E-state index in [4.69, 9.17) is 9.47 Å². The van der Waals surface area contributed by atoms with Crippen LogP contribution in [0.4, 0.5) is 5.13 Å². The number of thiazole rings is 1. The number of anilines is 1. The number of nitrogens with zero attached hydrogens (tertiary/aromatic N) is 1. The fourth-order valence-electron chi connectivity index (χ4n) is 2.35. The van der Waals surface area contributed by atoms with Crippen LogP contribution in [0.2, 0.25) is 0 Å². The summed E-state index contributed by atoms with van der Waals surface area (Å²) in [5, 5.41) is 4.86. The van der Waals surface area contributed by atoms with E-state index in [0.29, 0.717) is 23.4 Å². The van der Waals surface area contributed by atoms with Crippen LogP contribution in [0.1, 0.15) is 43.5 Å². The molecule has 7 heteroatoms. The summed E-state index contributed by atoms with van der Waals surface area (Å²) in [6.45, 7) is 8.13. The number of benzene rings is 1. The van der Waals surface area contributed by atoms with Gasteiger partial charge in [0.2, 0.25) is 0 Å². The van der Waals surface area contributed by atoms with Crippen molar-refractivity contribution in [1.29, 1.82) is 0 Å². The zero-order valence-corrected chi connectivity index (χ0v) is 16.3. The van der Waals surface area contributed by atoms with Gasteiger partial charge in [-0.2, -0.15) is 0 Å². The highest BCUT2D eigenvalue weighted by molar-refractivity contribution is 7.13. The molecule has 0 saturated heterocycles. The summed E-state index contributed by atoms with van der Waals surface area (Å²) in [5.74, 6) is 0.397. The van der Waals surface area contributed by atoms with E-state index in [2.05, 4.69) is 24.1 Å². The number of hydrogen-bond acceptors (Lipinski definition) is 6. The molecule has 0 atom stereocenters. The summed E-state index contributed by atoms with van der Waals surface area (Å²) in [7, 11) is 0. The Hall–Kier alpha value is -2.41. The Kier molecular flexibility index (Phi) is 7.15. The van der Waals surface area contributed by atoms with Crippen LogP contribution in [-0.2, 0) is 20.7 Å². The van der Waals surface area contributed by atoms with Crippen molar-refractivity contribution in [2.45, 2.75) is 40.0 Å². The van der Waals surface area contributed by atoms with Gasteiger partial charge in [0.1, 0.15) is 5.75 Å². The molecule has 0 aliphatic heterocycles. The van der Waals surface area contributed by atoms with Crippen molar-refractivity contribution in [2.24, 2.45) is 0 Å². The van der Waals surface area contributed by atoms with Gasteiger partial charge >= 0.3 is 5.97 Å². The quantitative estimate of drug-likeness (QED) is 0.711. The van der Waals surface area contributed by atoms with Gasteiger partial charge in [-0.3, -0.25) is 14.9 Å². The van der Waals surface area contributed by atoms with Crippen molar-refractivity contribution < 1.29 is 19.1 Å². The van der Waals surface area contributed by atoms with Crippen LogP contribution in [0.3, 0.4) is 0 Å². The Morgan fingerprint density at radius 2 is 2.08 bits per heavy atom. The monoisotopic (exact) mass is 376 g/mol. The van der Waals surface area contributed by atoms with Gasteiger partial charge < -0.3 is 9.47 Å². The van der Waals surface area contributed by atoms with Gasteiger partial charge in [-0.25, -0.2) is 4.98 Å². The summed E-state index contributed by atoms with van der Waals surface area (Å²) in [6.07, 6.45) is 0.0950. The molecule has 1 heterocycles. The maximum atomic E-state index is 12.1. The first-order chi connectivity index (χ1) is 12.4. The fraction of sp³-hybridized carbons (Fsp3) is 0.421. The summed E-state index contributed by atoms with van der Waals surface area (Å²) in [6, 6.07) is 5.99. The average Bonchev–Trinajstić information content (AvgIpc) is 2.99. The lowest BCUT2D eigenvalue weighted by molar-refractivity contribution is -0.142. The first-order valence-corrected chi connectivity index (χ1v) is 9.40. The second kappa shape index (κ2) is 9.33. The Labute approximate surface area is 157 Å². The van der Waals surface area contributed by atoms with Crippen LogP contribution in [-0.4, -0.2) is 30.1 Å². The number of nitrogens with one attached hydrogen (secondary N) is 1. The Morgan fingerprint density at radius 3 is 2.77 bits per heavy atom. The molecule has 2 rings (SSSR count). The molecule has 0 spiro atoms. The molecule has 6 nitrogen and oxygen atoms in total. The molecule has 140 valence electrons. The summed E-state index contributed by atoms with van der Waals surface area (Å²) in [5.41, 5.74) is 2.72. The van der Waals surface area contributed by atoms with Gasteiger partial charge in [-0.15, -0.1) is 11.3 Å². The van der Waals surface area contributed by atoms with Crippen molar-refractivity contribution in [3.05, 3.63) is 40.4 Å². The predicted octanol–water partition coefficient (Wildman–Crippen LogP) is 3.70. The number of esters is 1. The van der Waals surface area contributed by atoms with E-state index in [9.17, 15) is 9.59 Å². The summed E-state index contributed by atoms with van der Waals surface area (Å²) >= 11 is 1.26. The molecule has 0 aliphatic rings. The van der Waals surface area contributed by atoms with Crippen LogP contribution < -0.4 is 10.1 Å². The zero-order chi connectivity index (χ0) is 19.1. The molecule has 0 bridgehead atoms. The van der Waals surface area contributed by atoms with Crippen LogP contribution >= 0.6 is 11.3 Å². The Balaban J connectivity index is 1.91. The normalized spacial score (nSPS) is 10.7. The molecular formula is C19H24N2O4S. The first kappa shape index (κ1) is 19.9. The maximum Gasteiger partial charge on any atom is 0.311 e. The second-order valence-electron chi connectivity index (χ2n) is 6.16. The van der Waals surface area contributed by atoms with Gasteiger partial charge in [0.25, 0.3) is 5.91 Å². The highest BCUT2D eigenvalue weighted by Gasteiger charge is 2.13. The highest BCUT2D eigenvalue weighted by Crippen LogP contribution is 2.27. The van der Waals surface area contributed by atoms with E-state index >= 15 is 0 Å². The van der Waals surface area contributed by atoms with Crippen LogP contribution in [0, 0.1) is 6.92 Å². The minimum absolute atomic E-state index is 0.0950. The molecule has 0 aliphatic carbocycles. The van der Waals surface area contributed by atoms with Gasteiger partial charge in [-0.1, -0.05) is 26.0 Å². The van der Waals surface area contributed by atoms with Gasteiger partial charge in [-0.05, 0) is 37.0 Å². The van der Waals surface area contributed by atoms with Crippen molar-refractivity contribution in [3.8, 4) is 5.75 Å². The van der Waals surface area contributed by atoms with E-state index in [-0.39, 0.29) is 24.9 Å². The average molecular weight is 376 g/mol. The van der Waals surface area contributed by atoms with E-state index in [0.717, 1.165) is 16.9 Å². The van der Waals surface area contributed by atoms with Gasteiger partial charge in [0, 0.05) is 5.38 Å². The molecule has 2 aromatic rings. The lowest BCUT2D eigenvalue weighted by Gasteiger charge is -2.14. The van der Waals surface area contributed by atoms with Gasteiger partial charge in [0.05, 0.1) is 18.7 Å². The number of rotatable bonds is 8. The van der Waals surface area contributed by atoms with Crippen molar-refractivity contribution >= 4 is 28.3 Å². The largest absolute Gasteiger partial charge is 0.483 e. The minimum Gasteiger partial charge on any atom is -0.483 e. The molecule has 0 radical (unpaired) electrons. The number of ether oxygens (including phenoxy) is 2. The molecule has 26 heavy (non-hydrogen) atoms. The molecule has 0 unspecified atom stereocenters. The molecule has 0 saturated carbocycles. The number of carbonyl (C=O) groups excluding carboxylic acids is 2. The topological polar surface area (TPSA) is 77.5 Å². The number of aryl methyl sites for hydroxylation is 1. The Morgan fingerprint density at radius 1 is 1.31 bits per heavy atom. The molecule has 1 N–H and O–H groups in total. The molecule has 1 amide bonds. The molecule has 0 fully saturated rings. The lowest BCUT2D eigenvalue weighted by atomic mass is 10.0. The third kappa shape index (κ3) is 5.84. The Bertz CT molecular complexity index is 771. The smallest absolute Gasteiger partial charge is 0.311 e. The van der Waals surface area contributed by atoms with E-state index < -0.39 is 0 Å². The van der Waals surface area contributed by atoms with Crippen LogP contribution in [0.15, 0.2) is 23.6 Å². The molecular weight excluding hydrogens is 352 g/mol. The number of amides is 1. The standard InChI is InChI=1S/C19H24N2O4S/c1-5-24-18(23)9-14-11-26-19(20-14)21-17(22)10-25-16-8-13(4)6-7-15(16)12(2)3/h6-8,11-12H,5,9-10H2,1-4H3,(H,20,21,22).